The molecule has 0 radical (unpaired) electrons. The molecule has 1 aromatic heterocycles. The number of carbonyl (C=O) groups is 19. The van der Waals surface area contributed by atoms with E-state index in [0.717, 1.165) is 53.0 Å². The number of aliphatic carboxylic acids is 2. The number of amides is 17. The third-order valence-electron chi connectivity index (χ3n) is 18.2. The second kappa shape index (κ2) is 48.2. The summed E-state index contributed by atoms with van der Waals surface area (Å²) in [6, 6.07) is -26.8. The van der Waals surface area contributed by atoms with Crippen molar-refractivity contribution >= 4 is 161 Å². The molecular formula is C65H102N24O23S4. The summed E-state index contributed by atoms with van der Waals surface area (Å²) in [7, 11) is 2.92. The number of hydrogen-bond donors (Lipinski definition) is 24. The number of aliphatic hydroxyl groups excluding tert-OH is 2. The first-order valence-electron chi connectivity index (χ1n) is 36.7. The van der Waals surface area contributed by atoms with Crippen LogP contribution in [0.1, 0.15) is 96.7 Å². The number of hydrogen-bond acceptors (Lipinski definition) is 29. The molecule has 30 N–H and O–H groups in total. The van der Waals surface area contributed by atoms with Crippen molar-refractivity contribution in [2.24, 2.45) is 45.3 Å². The Morgan fingerprint density at radius 3 is 1.47 bits per heavy atom. The smallest absolute Gasteiger partial charge is 0.305 e. The Balaban J connectivity index is 1.69. The van der Waals surface area contributed by atoms with Gasteiger partial charge in [0.15, 0.2) is 5.96 Å². The molecule has 5 heterocycles. The number of carboxylic acids is 2. The Labute approximate surface area is 679 Å². The first kappa shape index (κ1) is 96.2. The molecule has 644 valence electrons. The summed E-state index contributed by atoms with van der Waals surface area (Å²) in [4.78, 5) is 280. The van der Waals surface area contributed by atoms with Crippen LogP contribution >= 0.6 is 43.2 Å². The van der Waals surface area contributed by atoms with Crippen LogP contribution < -0.4 is 104 Å². The van der Waals surface area contributed by atoms with E-state index in [1.54, 1.807) is 0 Å². The van der Waals surface area contributed by atoms with Crippen molar-refractivity contribution < 1.29 is 112 Å². The quantitative estimate of drug-likeness (QED) is 0.0222. The second-order valence-electron chi connectivity index (χ2n) is 27.4. The summed E-state index contributed by atoms with van der Waals surface area (Å²) >= 11 is 0. The number of carbonyl (C=O) groups excluding carboxylic acids is 17. The number of aromatic amines is 1. The van der Waals surface area contributed by atoms with Gasteiger partial charge in [-0.3, -0.25) is 96.1 Å². The summed E-state index contributed by atoms with van der Waals surface area (Å²) in [5.41, 5.74) is 33.9. The van der Waals surface area contributed by atoms with E-state index in [4.69, 9.17) is 34.4 Å². The average molecular weight is 1720 g/mol. The number of fused-ring (bicyclic) bond motifs is 10. The Kier molecular flexibility index (Phi) is 40.0. The predicted octanol–water partition coefficient (Wildman–Crippen LogP) is -11.9. The lowest BCUT2D eigenvalue weighted by molar-refractivity contribution is -0.146. The van der Waals surface area contributed by atoms with E-state index in [1.807, 2.05) is 0 Å². The van der Waals surface area contributed by atoms with Crippen molar-refractivity contribution in [3.8, 4) is 0 Å². The Morgan fingerprint density at radius 1 is 0.517 bits per heavy atom. The molecule has 0 aliphatic carbocycles. The number of nitrogens with two attached hydrogens (primary N) is 6. The number of unbranched alkanes of at least 4 members (excludes halogenated alkanes) is 1. The highest BCUT2D eigenvalue weighted by atomic mass is 33.1. The molecule has 0 unspecified atom stereocenters. The number of rotatable bonds is 22. The third kappa shape index (κ3) is 30.7. The largest absolute Gasteiger partial charge is 0.481 e. The van der Waals surface area contributed by atoms with Gasteiger partial charge in [0.2, 0.25) is 100 Å². The predicted molar refractivity (Wildman–Crippen MR) is 415 cm³/mol. The molecule has 17 amide bonds. The van der Waals surface area contributed by atoms with Gasteiger partial charge >= 0.3 is 11.9 Å². The Bertz CT molecular complexity index is 3740. The summed E-state index contributed by atoms with van der Waals surface area (Å²) in [5.74, 6) is -26.5. The molecule has 4 aliphatic rings. The normalized spacial score (nSPS) is 27.2. The lowest BCUT2D eigenvalue weighted by Gasteiger charge is -2.31. The first-order valence-corrected chi connectivity index (χ1v) is 41.7. The number of nitrogens with one attached hydrogen (secondary N) is 14. The maximum absolute atomic E-state index is 14.9. The Morgan fingerprint density at radius 2 is 0.966 bits per heavy atom. The molecule has 0 saturated carbocycles. The van der Waals surface area contributed by atoms with Gasteiger partial charge in [-0.2, -0.15) is 0 Å². The molecule has 1 aromatic rings. The van der Waals surface area contributed by atoms with Crippen molar-refractivity contribution in [3.05, 3.63) is 18.2 Å². The number of carboxylic acid groups (broad SMARTS) is 2. The van der Waals surface area contributed by atoms with E-state index >= 15 is 0 Å². The van der Waals surface area contributed by atoms with Gasteiger partial charge in [-0.15, -0.1) is 0 Å². The minimum absolute atomic E-state index is 0.0691. The van der Waals surface area contributed by atoms with Gasteiger partial charge < -0.3 is 139 Å². The minimum Gasteiger partial charge on any atom is -0.481 e. The van der Waals surface area contributed by atoms with E-state index in [1.165, 1.54) is 26.2 Å². The van der Waals surface area contributed by atoms with Crippen LogP contribution in [-0.4, -0.2) is 318 Å². The minimum atomic E-state index is -2.07. The zero-order chi connectivity index (χ0) is 86.0. The highest BCUT2D eigenvalue weighted by molar-refractivity contribution is 8.77. The average Bonchev–Trinajstić information content (AvgIpc) is 1.65. The van der Waals surface area contributed by atoms with Crippen molar-refractivity contribution in [3.63, 3.8) is 0 Å². The number of aromatic nitrogens is 2. The standard InChI is InChI=1S/C65H102N24O23S4/c1-29(2)49-62(110)79-33(20-47(94)95)54(102)80-34(19-45-72-14-15-73-45)63(111)88-16-7-11-43(88)61(109)78-32(18-44(68)92)53(101)76-30(8-3-4-12-66)51(99)84-38(50(69)98)25-113-115-28-41-59(107)82-36(23-90)55(103)81-35(21-48(96)97)64(112)89-17-6-10-42(89)60(108)77-31(9-5-13-74-65(70)71)52(100)85-40(58(106)83-37(24-91)56(104)87-49)27-116-114-26-39(57(105)86-41)75-46(93)22-67/h14-15,29-43,49,90-91H,3-13,16-28,66-67H2,1-2H3,(H2,68,92)(H2,69,98)(H,72,73)(H,75,93)(H,76,101)(H,77,108)(H,78,109)(H,79,110)(H,80,102)(H,81,103)(H,82,107)(H,83,106)(H,84,99)(H,85,100)(H,86,105)(H,87,104)(H,94,95)(H,96,97)(H4,70,71,74)/t30-,31-,32-,33-,34-,35-,36-,37-,38-,39-,40-,41-,42-,43-,49-/m0/s1. The molecule has 47 nitrogen and oxygen atoms in total. The van der Waals surface area contributed by atoms with Crippen molar-refractivity contribution in [2.45, 2.75) is 188 Å². The number of imidazole rings is 1. The number of guanidine groups is 1. The highest BCUT2D eigenvalue weighted by Crippen LogP contribution is 2.27. The molecule has 0 aromatic carbocycles. The number of primary amides is 2. The van der Waals surface area contributed by atoms with Crippen LogP contribution in [-0.2, 0) is 97.5 Å². The summed E-state index contributed by atoms with van der Waals surface area (Å²) < 4.78 is 0. The van der Waals surface area contributed by atoms with Gasteiger partial charge in [-0.1, -0.05) is 57.0 Å². The molecule has 4 fully saturated rings. The number of H-pyrrole nitrogens is 1. The topological polar surface area (TPSA) is 765 Å². The molecule has 0 spiro atoms. The van der Waals surface area contributed by atoms with Crippen LogP contribution in [0.15, 0.2) is 17.4 Å². The zero-order valence-electron chi connectivity index (χ0n) is 63.3. The zero-order valence-corrected chi connectivity index (χ0v) is 66.6. The number of aliphatic imine (C=N–C) groups is 1. The maximum Gasteiger partial charge on any atom is 0.305 e. The van der Waals surface area contributed by atoms with Crippen molar-refractivity contribution in [1.29, 1.82) is 0 Å². The lowest BCUT2D eigenvalue weighted by Crippen LogP contribution is -2.62. The first-order chi connectivity index (χ1) is 55.0. The fourth-order valence-corrected chi connectivity index (χ4v) is 16.8. The SMILES string of the molecule is CC(C)[C@@H]1NC(=O)[C@H](CO)NC(=O)[C@@H]2CSSC[C@H](NC(=O)CN)C(=O)N[C@@H](CSSC[C@@H](C(N)=O)NC(=O)[C@H](CCCCN)NC(=O)[C@H](CC(N)=O)NC(=O)[C@@H]3CCCN3C(=O)[C@H](Cc3ncc[nH]3)NC(=O)[C@H](CC(=O)O)NC1=O)C(=O)N[C@@H](CO)C(=O)N[C@@H](CC(=O)O)C(=O)N1CCC[C@H]1C(=O)N[C@@H](CCCN=C(N)N)C(=O)N2. The van der Waals surface area contributed by atoms with E-state index in [-0.39, 0.29) is 95.8 Å². The summed E-state index contributed by atoms with van der Waals surface area (Å²) in [6.45, 7) is -0.925. The number of aliphatic hydroxyl groups is 2. The summed E-state index contributed by atoms with van der Waals surface area (Å²) in [6.07, 6.45) is -1.23. The van der Waals surface area contributed by atoms with Crippen LogP contribution in [0.2, 0.25) is 0 Å². The Hall–Kier alpha value is -10.3. The van der Waals surface area contributed by atoms with Crippen LogP contribution in [0.5, 0.6) is 0 Å². The van der Waals surface area contributed by atoms with Crippen molar-refractivity contribution in [1.82, 2.24) is 88.9 Å². The van der Waals surface area contributed by atoms with E-state index in [2.05, 4.69) is 84.1 Å². The van der Waals surface area contributed by atoms with Gasteiger partial charge in [0.25, 0.3) is 0 Å². The van der Waals surface area contributed by atoms with Gasteiger partial charge in [0.1, 0.15) is 96.5 Å². The maximum atomic E-state index is 14.9. The van der Waals surface area contributed by atoms with Crippen LogP contribution in [0.4, 0.5) is 0 Å². The van der Waals surface area contributed by atoms with Gasteiger partial charge in [0, 0.05) is 61.5 Å². The van der Waals surface area contributed by atoms with Gasteiger partial charge in [-0.25, -0.2) is 4.98 Å². The third-order valence-corrected chi connectivity index (χ3v) is 23.0. The lowest BCUT2D eigenvalue weighted by atomic mass is 10.0. The van der Waals surface area contributed by atoms with E-state index in [0.29, 0.717) is 0 Å². The molecule has 4 aliphatic heterocycles. The fourth-order valence-electron chi connectivity index (χ4n) is 12.1. The van der Waals surface area contributed by atoms with Crippen LogP contribution in [0.25, 0.3) is 0 Å². The van der Waals surface area contributed by atoms with Crippen LogP contribution in [0.3, 0.4) is 0 Å². The van der Waals surface area contributed by atoms with Crippen molar-refractivity contribution in [2.75, 3.05) is 68.9 Å². The highest BCUT2D eigenvalue weighted by Gasteiger charge is 2.45. The molecule has 116 heavy (non-hydrogen) atoms. The summed E-state index contributed by atoms with van der Waals surface area (Å²) in [5, 5.41) is 72.6. The number of nitrogens with zero attached hydrogens (tertiary/aromatic N) is 4. The second-order valence-corrected chi connectivity index (χ2v) is 32.5. The molecular weight excluding hydrogens is 1610 g/mol. The molecule has 2 bridgehead atoms. The van der Waals surface area contributed by atoms with E-state index < -0.39 is 277 Å². The fraction of sp³-hybridized carbons (Fsp3) is 0.646. The van der Waals surface area contributed by atoms with Gasteiger partial charge in [-0.05, 0) is 70.3 Å². The van der Waals surface area contributed by atoms with Crippen LogP contribution in [0, 0.1) is 5.92 Å². The molecule has 4 saturated heterocycles. The van der Waals surface area contributed by atoms with E-state index in [9.17, 15) is 112 Å². The van der Waals surface area contributed by atoms with Gasteiger partial charge in [0.05, 0.1) is 39.0 Å². The monoisotopic (exact) mass is 1710 g/mol. The molecule has 5 rings (SSSR count). The molecule has 15 atom stereocenters. The molecule has 51 heteroatoms.